The minimum Gasteiger partial charge on any atom is -0.310 e. The fourth-order valence-corrected chi connectivity index (χ4v) is 1.88. The molecule has 1 aliphatic heterocycles. The molecule has 0 aromatic rings. The third kappa shape index (κ3) is 0.897. The summed E-state index contributed by atoms with van der Waals surface area (Å²) >= 11 is 0. The average molecular weight is 123 g/mol. The van der Waals surface area contributed by atoms with Crippen molar-refractivity contribution in [1.82, 2.24) is 5.32 Å². The van der Waals surface area contributed by atoms with Gasteiger partial charge < -0.3 is 5.32 Å². The number of nitrogens with one attached hydrogen (secondary N) is 1. The Morgan fingerprint density at radius 2 is 2.33 bits per heavy atom. The summed E-state index contributed by atoms with van der Waals surface area (Å²) in [6.07, 6.45) is 8.76. The van der Waals surface area contributed by atoms with Gasteiger partial charge in [0, 0.05) is 6.04 Å². The van der Waals surface area contributed by atoms with Gasteiger partial charge in [-0.2, -0.15) is 0 Å². The van der Waals surface area contributed by atoms with Crippen molar-refractivity contribution in [3.63, 3.8) is 0 Å². The third-order valence-corrected chi connectivity index (χ3v) is 2.45. The van der Waals surface area contributed by atoms with Gasteiger partial charge in [-0.15, -0.1) is 0 Å². The van der Waals surface area contributed by atoms with Crippen LogP contribution in [-0.4, -0.2) is 12.6 Å². The molecule has 2 atom stereocenters. The topological polar surface area (TPSA) is 12.0 Å². The van der Waals surface area contributed by atoms with Gasteiger partial charge in [-0.1, -0.05) is 12.2 Å². The van der Waals surface area contributed by atoms with Crippen molar-refractivity contribution in [3.8, 4) is 0 Å². The summed E-state index contributed by atoms with van der Waals surface area (Å²) in [5.74, 6) is 0.968. The van der Waals surface area contributed by atoms with Crippen molar-refractivity contribution >= 4 is 0 Å². The molecule has 0 aromatic heterocycles. The molecule has 2 unspecified atom stereocenters. The zero-order chi connectivity index (χ0) is 6.10. The molecule has 0 bridgehead atoms. The highest BCUT2D eigenvalue weighted by atomic mass is 14.9. The lowest BCUT2D eigenvalue weighted by Gasteiger charge is -2.18. The largest absolute Gasteiger partial charge is 0.310 e. The van der Waals surface area contributed by atoms with Crippen LogP contribution in [0, 0.1) is 5.92 Å². The van der Waals surface area contributed by atoms with Crippen LogP contribution in [0.15, 0.2) is 12.2 Å². The van der Waals surface area contributed by atoms with Crippen LogP contribution in [0.4, 0.5) is 0 Å². The van der Waals surface area contributed by atoms with Gasteiger partial charge in [-0.25, -0.2) is 0 Å². The average Bonchev–Trinajstić information content (AvgIpc) is 2.33. The van der Waals surface area contributed by atoms with Crippen LogP contribution in [0.3, 0.4) is 0 Å². The third-order valence-electron chi connectivity index (χ3n) is 2.45. The van der Waals surface area contributed by atoms with Crippen molar-refractivity contribution < 1.29 is 0 Å². The molecule has 1 heteroatoms. The molecule has 0 radical (unpaired) electrons. The van der Waals surface area contributed by atoms with E-state index < -0.39 is 0 Å². The van der Waals surface area contributed by atoms with E-state index in [-0.39, 0.29) is 0 Å². The second-order valence-corrected chi connectivity index (χ2v) is 3.03. The van der Waals surface area contributed by atoms with Crippen molar-refractivity contribution in [2.45, 2.75) is 25.3 Å². The first-order chi connectivity index (χ1) is 4.47. The van der Waals surface area contributed by atoms with Crippen LogP contribution < -0.4 is 5.32 Å². The minimum atomic E-state index is 0.735. The number of fused-ring (bicyclic) bond motifs is 1. The van der Waals surface area contributed by atoms with Crippen molar-refractivity contribution in [2.75, 3.05) is 6.54 Å². The Morgan fingerprint density at radius 1 is 1.33 bits per heavy atom. The summed E-state index contributed by atoms with van der Waals surface area (Å²) in [5.41, 5.74) is 0. The molecule has 1 heterocycles. The van der Waals surface area contributed by atoms with Crippen LogP contribution in [0.25, 0.3) is 0 Å². The van der Waals surface area contributed by atoms with Gasteiger partial charge in [0.15, 0.2) is 0 Å². The van der Waals surface area contributed by atoms with E-state index >= 15 is 0 Å². The highest BCUT2D eigenvalue weighted by Gasteiger charge is 2.25. The van der Waals surface area contributed by atoms with Crippen LogP contribution in [0.2, 0.25) is 0 Å². The van der Waals surface area contributed by atoms with Crippen molar-refractivity contribution in [1.29, 1.82) is 0 Å². The van der Waals surface area contributed by atoms with E-state index in [1.165, 1.54) is 25.8 Å². The van der Waals surface area contributed by atoms with Gasteiger partial charge in [-0.3, -0.25) is 0 Å². The van der Waals surface area contributed by atoms with E-state index in [9.17, 15) is 0 Å². The van der Waals surface area contributed by atoms with E-state index in [0.717, 1.165) is 12.0 Å². The summed E-state index contributed by atoms with van der Waals surface area (Å²) < 4.78 is 0. The first kappa shape index (κ1) is 5.48. The predicted molar refractivity (Wildman–Crippen MR) is 38.3 cm³/mol. The lowest BCUT2D eigenvalue weighted by molar-refractivity contribution is 0.460. The zero-order valence-corrected chi connectivity index (χ0v) is 5.64. The van der Waals surface area contributed by atoms with Gasteiger partial charge >= 0.3 is 0 Å². The van der Waals surface area contributed by atoms with Crippen molar-refractivity contribution in [2.24, 2.45) is 5.92 Å². The van der Waals surface area contributed by atoms with Crippen LogP contribution in [0.5, 0.6) is 0 Å². The molecule has 0 amide bonds. The smallest absolute Gasteiger partial charge is 0.0278 e. The summed E-state index contributed by atoms with van der Waals surface area (Å²) in [7, 11) is 0. The molecule has 2 aliphatic rings. The highest BCUT2D eigenvalue weighted by molar-refractivity contribution is 5.04. The first-order valence-corrected chi connectivity index (χ1v) is 3.87. The highest BCUT2D eigenvalue weighted by Crippen LogP contribution is 2.25. The molecule has 1 saturated heterocycles. The number of hydrogen-bond acceptors (Lipinski definition) is 1. The van der Waals surface area contributed by atoms with Gasteiger partial charge in [-0.05, 0) is 31.7 Å². The van der Waals surface area contributed by atoms with E-state index in [0.29, 0.717) is 0 Å². The van der Waals surface area contributed by atoms with Gasteiger partial charge in [0.1, 0.15) is 0 Å². The molecule has 0 spiro atoms. The second kappa shape index (κ2) is 2.14. The molecule has 1 N–H and O–H groups in total. The van der Waals surface area contributed by atoms with Crippen LogP contribution in [-0.2, 0) is 0 Å². The monoisotopic (exact) mass is 123 g/mol. The number of rotatable bonds is 0. The van der Waals surface area contributed by atoms with E-state index in [1.807, 2.05) is 0 Å². The molecule has 1 fully saturated rings. The van der Waals surface area contributed by atoms with Crippen LogP contribution in [0.1, 0.15) is 19.3 Å². The molecule has 0 aromatic carbocycles. The summed E-state index contributed by atoms with van der Waals surface area (Å²) in [6.45, 7) is 1.24. The predicted octanol–water partition coefficient (Wildman–Crippen LogP) is 1.31. The maximum absolute atomic E-state index is 3.47. The lowest BCUT2D eigenvalue weighted by Crippen LogP contribution is -2.25. The van der Waals surface area contributed by atoms with Gasteiger partial charge in [0.25, 0.3) is 0 Å². The van der Waals surface area contributed by atoms with E-state index in [2.05, 4.69) is 17.5 Å². The minimum absolute atomic E-state index is 0.735. The Balaban J connectivity index is 2.10. The number of allylic oxidation sites excluding steroid dienone is 1. The molecule has 1 aliphatic carbocycles. The van der Waals surface area contributed by atoms with Crippen molar-refractivity contribution in [3.05, 3.63) is 12.2 Å². The standard InChI is InChI=1S/C8H13N/c1-2-4-8-7(3-1)5-6-9-8/h2,4,7-9H,1,3,5-6H2. The fraction of sp³-hybridized carbons (Fsp3) is 0.750. The molecule has 2 rings (SSSR count). The van der Waals surface area contributed by atoms with Crippen LogP contribution >= 0.6 is 0 Å². The van der Waals surface area contributed by atoms with E-state index in [4.69, 9.17) is 0 Å². The maximum atomic E-state index is 3.47. The second-order valence-electron chi connectivity index (χ2n) is 3.03. The molecule has 0 saturated carbocycles. The molecule has 9 heavy (non-hydrogen) atoms. The SMILES string of the molecule is C1=CC2NCCC2CC1. The Bertz CT molecular complexity index is 129. The van der Waals surface area contributed by atoms with Gasteiger partial charge in [0.2, 0.25) is 0 Å². The Kier molecular flexibility index (Phi) is 1.31. The summed E-state index contributed by atoms with van der Waals surface area (Å²) in [5, 5.41) is 3.47. The summed E-state index contributed by atoms with van der Waals surface area (Å²) in [4.78, 5) is 0. The maximum Gasteiger partial charge on any atom is 0.0278 e. The Labute approximate surface area is 56.1 Å². The molecule has 1 nitrogen and oxygen atoms in total. The Hall–Kier alpha value is -0.300. The zero-order valence-electron chi connectivity index (χ0n) is 5.64. The fourth-order valence-electron chi connectivity index (χ4n) is 1.88. The lowest BCUT2D eigenvalue weighted by atomic mass is 9.91. The molecular weight excluding hydrogens is 110 g/mol. The molecular formula is C8H13N. The normalized spacial score (nSPS) is 40.9. The van der Waals surface area contributed by atoms with Gasteiger partial charge in [0.05, 0.1) is 0 Å². The molecule has 50 valence electrons. The summed E-state index contributed by atoms with van der Waals surface area (Å²) in [6, 6.07) is 0.735. The Morgan fingerprint density at radius 3 is 3.22 bits per heavy atom. The van der Waals surface area contributed by atoms with E-state index in [1.54, 1.807) is 0 Å². The quantitative estimate of drug-likeness (QED) is 0.479. The number of hydrogen-bond donors (Lipinski definition) is 1. The first-order valence-electron chi connectivity index (χ1n) is 3.87.